The van der Waals surface area contributed by atoms with E-state index in [1.54, 1.807) is 29.2 Å². The molecule has 33 heavy (non-hydrogen) atoms. The van der Waals surface area contributed by atoms with Gasteiger partial charge in [-0.25, -0.2) is 8.42 Å². The van der Waals surface area contributed by atoms with Crippen molar-refractivity contribution in [3.63, 3.8) is 0 Å². The first-order valence-corrected chi connectivity index (χ1v) is 12.6. The zero-order chi connectivity index (χ0) is 23.6. The third-order valence-electron chi connectivity index (χ3n) is 4.63. The number of carbonyl (C=O) groups excluding carboxylic acids is 1. The van der Waals surface area contributed by atoms with Gasteiger partial charge in [0.15, 0.2) is 0 Å². The summed E-state index contributed by atoms with van der Waals surface area (Å²) in [5.41, 5.74) is 1.18. The Kier molecular flexibility index (Phi) is 6.76. The second-order valence-corrected chi connectivity index (χ2v) is 10.7. The molecular weight excluding hydrogens is 505 g/mol. The van der Waals surface area contributed by atoms with E-state index in [1.807, 2.05) is 5.38 Å². The highest BCUT2D eigenvalue weighted by Crippen LogP contribution is 2.29. The Bertz CT molecular complexity index is 1410. The van der Waals surface area contributed by atoms with E-state index in [1.165, 1.54) is 54.8 Å². The first kappa shape index (κ1) is 23.3. The van der Waals surface area contributed by atoms with Gasteiger partial charge in [-0.2, -0.15) is 5.10 Å². The van der Waals surface area contributed by atoms with E-state index in [0.29, 0.717) is 32.9 Å². The molecule has 0 aliphatic rings. The van der Waals surface area contributed by atoms with Gasteiger partial charge in [-0.15, -0.1) is 11.3 Å². The predicted molar refractivity (Wildman–Crippen MR) is 129 cm³/mol. The van der Waals surface area contributed by atoms with Gasteiger partial charge in [0.1, 0.15) is 5.75 Å². The topological polar surface area (TPSA) is 90.3 Å². The van der Waals surface area contributed by atoms with Crippen LogP contribution in [0.5, 0.6) is 5.75 Å². The van der Waals surface area contributed by atoms with Crippen molar-refractivity contribution in [1.29, 1.82) is 0 Å². The quantitative estimate of drug-likeness (QED) is 0.351. The molecule has 4 aromatic rings. The molecule has 2 heterocycles. The second kappa shape index (κ2) is 9.56. The summed E-state index contributed by atoms with van der Waals surface area (Å²) in [5, 5.41) is 9.69. The summed E-state index contributed by atoms with van der Waals surface area (Å²) >= 11 is 13.0. The fourth-order valence-electron chi connectivity index (χ4n) is 3.05. The molecule has 0 atom stereocenters. The molecule has 0 unspecified atom stereocenters. The summed E-state index contributed by atoms with van der Waals surface area (Å²) in [6, 6.07) is 12.0. The molecule has 0 radical (unpaired) electrons. The average Bonchev–Trinajstić information content (AvgIpc) is 3.43. The summed E-state index contributed by atoms with van der Waals surface area (Å²) in [7, 11) is -2.42. The number of nitrogens with zero attached hydrogens (tertiary/aromatic N) is 2. The fourth-order valence-corrected chi connectivity index (χ4v) is 5.45. The fraction of sp³-hybridized carbons (Fsp3) is 0.0909. The zero-order valence-corrected chi connectivity index (χ0v) is 20.3. The summed E-state index contributed by atoms with van der Waals surface area (Å²) < 4.78 is 33.1. The van der Waals surface area contributed by atoms with E-state index in [-0.39, 0.29) is 15.7 Å². The lowest BCUT2D eigenvalue weighted by molar-refractivity contribution is 0.103. The molecule has 2 aromatic heterocycles. The highest BCUT2D eigenvalue weighted by Gasteiger charge is 2.20. The van der Waals surface area contributed by atoms with Crippen molar-refractivity contribution in [3.8, 4) is 5.75 Å². The summed E-state index contributed by atoms with van der Waals surface area (Å²) in [6.45, 7) is 0.471. The number of amides is 1. The maximum absolute atomic E-state index is 13.1. The van der Waals surface area contributed by atoms with Crippen LogP contribution in [0.1, 0.15) is 15.2 Å². The van der Waals surface area contributed by atoms with Gasteiger partial charge in [0.2, 0.25) is 9.84 Å². The molecule has 0 fully saturated rings. The molecule has 11 heteroatoms. The minimum absolute atomic E-state index is 0.0121. The molecule has 0 saturated heterocycles. The van der Waals surface area contributed by atoms with Gasteiger partial charge >= 0.3 is 0 Å². The summed E-state index contributed by atoms with van der Waals surface area (Å²) in [5.74, 6) is -0.0735. The molecule has 0 bridgehead atoms. The first-order valence-electron chi connectivity index (χ1n) is 9.51. The molecule has 170 valence electrons. The number of halogens is 2. The number of nitrogens with one attached hydrogen (secondary N) is 1. The Labute approximate surface area is 204 Å². The smallest absolute Gasteiger partial charge is 0.265 e. The minimum Gasteiger partial charge on any atom is -0.497 e. The van der Waals surface area contributed by atoms with Gasteiger partial charge in [0, 0.05) is 23.0 Å². The lowest BCUT2D eigenvalue weighted by Crippen LogP contribution is -2.11. The lowest BCUT2D eigenvalue weighted by atomic mass is 10.2. The van der Waals surface area contributed by atoms with Crippen LogP contribution in [0.3, 0.4) is 0 Å². The van der Waals surface area contributed by atoms with Crippen molar-refractivity contribution in [3.05, 3.63) is 86.8 Å². The third kappa shape index (κ3) is 5.39. The zero-order valence-electron chi connectivity index (χ0n) is 17.2. The maximum atomic E-state index is 13.1. The summed E-state index contributed by atoms with van der Waals surface area (Å²) in [4.78, 5) is 13.3. The van der Waals surface area contributed by atoms with Crippen molar-refractivity contribution in [2.75, 3.05) is 12.4 Å². The third-order valence-corrected chi connectivity index (χ3v) is 7.81. The Morgan fingerprint density at radius 1 is 1.09 bits per heavy atom. The van der Waals surface area contributed by atoms with E-state index in [0.717, 1.165) is 5.56 Å². The second-order valence-electron chi connectivity index (χ2n) is 6.98. The molecule has 0 saturated carbocycles. The van der Waals surface area contributed by atoms with Gasteiger partial charge in [0.25, 0.3) is 5.91 Å². The van der Waals surface area contributed by atoms with Gasteiger partial charge in [-0.3, -0.25) is 9.48 Å². The highest BCUT2D eigenvalue weighted by atomic mass is 35.5. The number of thiophene rings is 1. The van der Waals surface area contributed by atoms with Crippen molar-refractivity contribution in [2.24, 2.45) is 0 Å². The van der Waals surface area contributed by atoms with Crippen molar-refractivity contribution >= 4 is 56.0 Å². The minimum atomic E-state index is -3.85. The number of hydrogen-bond acceptors (Lipinski definition) is 6. The molecular formula is C22H17Cl2N3O4S2. The number of aromatic nitrogens is 2. The maximum Gasteiger partial charge on any atom is 0.265 e. The number of benzene rings is 2. The van der Waals surface area contributed by atoms with Crippen LogP contribution in [0.2, 0.25) is 10.0 Å². The van der Waals surface area contributed by atoms with E-state index < -0.39 is 9.84 Å². The van der Waals surface area contributed by atoms with E-state index in [4.69, 9.17) is 27.9 Å². The largest absolute Gasteiger partial charge is 0.497 e. The van der Waals surface area contributed by atoms with Crippen LogP contribution in [0.4, 0.5) is 5.69 Å². The summed E-state index contributed by atoms with van der Waals surface area (Å²) in [6.07, 6.45) is 3.23. The van der Waals surface area contributed by atoms with Crippen LogP contribution in [-0.4, -0.2) is 31.2 Å². The van der Waals surface area contributed by atoms with E-state index in [9.17, 15) is 13.2 Å². The molecule has 1 N–H and O–H groups in total. The first-order chi connectivity index (χ1) is 15.7. The van der Waals surface area contributed by atoms with Gasteiger partial charge in [-0.05, 0) is 53.4 Å². The van der Waals surface area contributed by atoms with Crippen LogP contribution in [0.25, 0.3) is 0 Å². The van der Waals surface area contributed by atoms with E-state index >= 15 is 0 Å². The van der Waals surface area contributed by atoms with Crippen LogP contribution in [0, 0.1) is 0 Å². The van der Waals surface area contributed by atoms with Gasteiger partial charge < -0.3 is 10.1 Å². The van der Waals surface area contributed by atoms with Crippen molar-refractivity contribution in [1.82, 2.24) is 9.78 Å². The number of methoxy groups -OCH3 is 1. The Morgan fingerprint density at radius 3 is 2.52 bits per heavy atom. The molecule has 0 aliphatic carbocycles. The number of ether oxygens (including phenoxy) is 1. The van der Waals surface area contributed by atoms with Crippen molar-refractivity contribution < 1.29 is 17.9 Å². The number of sulfone groups is 1. The number of carbonyl (C=O) groups is 1. The molecule has 2 aromatic carbocycles. The SMILES string of the molecule is COc1cc(NC(=O)c2cc(Cn3cc(Cl)cn3)cs2)cc(S(=O)(=O)c2ccc(Cl)cc2)c1. The van der Waals surface area contributed by atoms with Crippen LogP contribution >= 0.6 is 34.5 Å². The van der Waals surface area contributed by atoms with Crippen molar-refractivity contribution in [2.45, 2.75) is 16.3 Å². The average molecular weight is 522 g/mol. The standard InChI is InChI=1S/C22H17Cl2N3O4S2/c1-31-18-7-17(8-20(9-18)33(29,30)19-4-2-15(23)3-5-19)26-22(28)21-6-14(13-32-21)11-27-12-16(24)10-25-27/h2-10,12-13H,11H2,1H3,(H,26,28). The highest BCUT2D eigenvalue weighted by molar-refractivity contribution is 7.91. The van der Waals surface area contributed by atoms with Crippen LogP contribution in [0.15, 0.2) is 76.1 Å². The molecule has 7 nitrogen and oxygen atoms in total. The molecule has 4 rings (SSSR count). The molecule has 0 spiro atoms. The van der Waals surface area contributed by atoms with E-state index in [2.05, 4.69) is 10.4 Å². The molecule has 0 aliphatic heterocycles. The number of anilines is 1. The Hall–Kier alpha value is -2.85. The Balaban J connectivity index is 1.57. The number of rotatable bonds is 7. The van der Waals surface area contributed by atoms with Gasteiger partial charge in [0.05, 0.1) is 39.5 Å². The van der Waals surface area contributed by atoms with Crippen LogP contribution < -0.4 is 10.1 Å². The monoisotopic (exact) mass is 521 g/mol. The predicted octanol–water partition coefficient (Wildman–Crippen LogP) is 5.39. The number of hydrogen-bond donors (Lipinski definition) is 1. The Morgan fingerprint density at radius 2 is 1.85 bits per heavy atom. The lowest BCUT2D eigenvalue weighted by Gasteiger charge is -2.11. The van der Waals surface area contributed by atoms with Gasteiger partial charge in [-0.1, -0.05) is 23.2 Å². The van der Waals surface area contributed by atoms with Crippen LogP contribution in [-0.2, 0) is 16.4 Å². The normalized spacial score (nSPS) is 11.4. The molecule has 1 amide bonds.